The zero-order valence-electron chi connectivity index (χ0n) is 8.82. The van der Waals surface area contributed by atoms with Crippen molar-refractivity contribution < 1.29 is 19.4 Å². The van der Waals surface area contributed by atoms with Crippen LogP contribution in [0.3, 0.4) is 0 Å². The van der Waals surface area contributed by atoms with Crippen molar-refractivity contribution in [2.24, 2.45) is 0 Å². The molecule has 2 N–H and O–H groups in total. The van der Waals surface area contributed by atoms with Crippen LogP contribution < -0.4 is 0 Å². The lowest BCUT2D eigenvalue weighted by molar-refractivity contribution is 0.0691. The number of rotatable bonds is 6. The highest BCUT2D eigenvalue weighted by Crippen LogP contribution is 2.19. The largest absolute Gasteiger partial charge is 0.478 e. The Morgan fingerprint density at radius 3 is 2.73 bits per heavy atom. The van der Waals surface area contributed by atoms with E-state index in [9.17, 15) is 4.79 Å². The van der Waals surface area contributed by atoms with Crippen LogP contribution in [0.4, 0.5) is 0 Å². The Balaban J connectivity index is 2.78. The van der Waals surface area contributed by atoms with Crippen LogP contribution in [0.5, 0.6) is 0 Å². The monoisotopic (exact) mass is 212 g/mol. The number of unbranched alkanes of at least 4 members (excludes halogenated alkanes) is 2. The van der Waals surface area contributed by atoms with E-state index in [4.69, 9.17) is 14.6 Å². The normalized spacial score (nSPS) is 10.5. The average molecular weight is 212 g/mol. The highest BCUT2D eigenvalue weighted by Gasteiger charge is 2.18. The van der Waals surface area contributed by atoms with E-state index in [1.54, 1.807) is 0 Å². The summed E-state index contributed by atoms with van der Waals surface area (Å²) < 4.78 is 5.15. The second-order valence-electron chi connectivity index (χ2n) is 3.48. The SMILES string of the molecule is CCCCCc1occ(CO)c1C(=O)O. The fraction of sp³-hybridized carbons (Fsp3) is 0.545. The maximum Gasteiger partial charge on any atom is 0.339 e. The molecule has 0 bridgehead atoms. The Morgan fingerprint density at radius 1 is 1.47 bits per heavy atom. The second kappa shape index (κ2) is 5.56. The summed E-state index contributed by atoms with van der Waals surface area (Å²) in [5.41, 5.74) is 0.489. The van der Waals surface area contributed by atoms with Crippen molar-refractivity contribution in [1.29, 1.82) is 0 Å². The number of furan rings is 1. The Hall–Kier alpha value is -1.29. The molecule has 0 fully saturated rings. The molecule has 0 aliphatic rings. The van der Waals surface area contributed by atoms with Gasteiger partial charge in [0.25, 0.3) is 0 Å². The van der Waals surface area contributed by atoms with Crippen molar-refractivity contribution in [1.82, 2.24) is 0 Å². The van der Waals surface area contributed by atoms with Gasteiger partial charge in [0.15, 0.2) is 0 Å². The molecule has 0 aliphatic carbocycles. The number of aryl methyl sites for hydroxylation is 1. The van der Waals surface area contributed by atoms with E-state index in [1.807, 2.05) is 0 Å². The molecule has 0 aromatic carbocycles. The Kier molecular flexibility index (Phi) is 4.37. The third-order valence-electron chi connectivity index (χ3n) is 2.33. The average Bonchev–Trinajstić information content (AvgIpc) is 2.61. The summed E-state index contributed by atoms with van der Waals surface area (Å²) in [6, 6.07) is 0. The lowest BCUT2D eigenvalue weighted by Crippen LogP contribution is -2.03. The van der Waals surface area contributed by atoms with E-state index in [-0.39, 0.29) is 12.2 Å². The Labute approximate surface area is 88.5 Å². The molecule has 0 unspecified atom stereocenters. The summed E-state index contributed by atoms with van der Waals surface area (Å²) in [7, 11) is 0. The molecule has 1 aromatic heterocycles. The molecule has 4 heteroatoms. The predicted molar refractivity (Wildman–Crippen MR) is 54.8 cm³/mol. The number of aliphatic hydroxyl groups excluding tert-OH is 1. The molecule has 1 heterocycles. The summed E-state index contributed by atoms with van der Waals surface area (Å²) in [6.07, 6.45) is 4.99. The van der Waals surface area contributed by atoms with Crippen LogP contribution in [-0.4, -0.2) is 16.2 Å². The zero-order chi connectivity index (χ0) is 11.3. The molecule has 15 heavy (non-hydrogen) atoms. The van der Waals surface area contributed by atoms with Gasteiger partial charge in [-0.05, 0) is 6.42 Å². The quantitative estimate of drug-likeness (QED) is 0.709. The predicted octanol–water partition coefficient (Wildman–Crippen LogP) is 2.20. The zero-order valence-corrected chi connectivity index (χ0v) is 8.82. The molecule has 84 valence electrons. The molecule has 0 aliphatic heterocycles. The van der Waals surface area contributed by atoms with Gasteiger partial charge in [0.1, 0.15) is 11.3 Å². The highest BCUT2D eigenvalue weighted by atomic mass is 16.4. The number of carboxylic acids is 1. The number of aromatic carboxylic acids is 1. The maximum atomic E-state index is 10.9. The fourth-order valence-electron chi connectivity index (χ4n) is 1.53. The first-order valence-electron chi connectivity index (χ1n) is 5.14. The van der Waals surface area contributed by atoms with Crippen molar-refractivity contribution >= 4 is 5.97 Å². The minimum atomic E-state index is -1.03. The molecule has 0 saturated heterocycles. The van der Waals surface area contributed by atoms with E-state index in [1.165, 1.54) is 6.26 Å². The van der Waals surface area contributed by atoms with Crippen LogP contribution in [0.1, 0.15) is 47.9 Å². The third-order valence-corrected chi connectivity index (χ3v) is 2.33. The van der Waals surface area contributed by atoms with E-state index in [0.717, 1.165) is 19.3 Å². The fourth-order valence-corrected chi connectivity index (χ4v) is 1.53. The molecule has 0 radical (unpaired) electrons. The van der Waals surface area contributed by atoms with Gasteiger partial charge >= 0.3 is 5.97 Å². The lowest BCUT2D eigenvalue weighted by atomic mass is 10.1. The first-order valence-corrected chi connectivity index (χ1v) is 5.14. The van der Waals surface area contributed by atoms with Crippen molar-refractivity contribution in [2.45, 2.75) is 39.2 Å². The van der Waals surface area contributed by atoms with Gasteiger partial charge in [-0.3, -0.25) is 0 Å². The van der Waals surface area contributed by atoms with Gasteiger partial charge in [-0.1, -0.05) is 19.8 Å². The standard InChI is InChI=1S/C11H16O4/c1-2-3-4-5-9-10(11(13)14)8(6-12)7-15-9/h7,12H,2-6H2,1H3,(H,13,14). The van der Waals surface area contributed by atoms with Gasteiger partial charge in [-0.2, -0.15) is 0 Å². The highest BCUT2D eigenvalue weighted by molar-refractivity contribution is 5.90. The Morgan fingerprint density at radius 2 is 2.20 bits per heavy atom. The van der Waals surface area contributed by atoms with E-state index >= 15 is 0 Å². The van der Waals surface area contributed by atoms with Crippen molar-refractivity contribution in [3.8, 4) is 0 Å². The molecule has 4 nitrogen and oxygen atoms in total. The van der Waals surface area contributed by atoms with Crippen LogP contribution in [0.15, 0.2) is 10.7 Å². The van der Waals surface area contributed by atoms with E-state index in [0.29, 0.717) is 17.7 Å². The van der Waals surface area contributed by atoms with Gasteiger partial charge < -0.3 is 14.6 Å². The summed E-state index contributed by atoms with van der Waals surface area (Å²) in [5, 5.41) is 17.9. The van der Waals surface area contributed by atoms with Gasteiger partial charge in [0, 0.05) is 12.0 Å². The molecule has 0 amide bonds. The van der Waals surface area contributed by atoms with Crippen molar-refractivity contribution in [2.75, 3.05) is 0 Å². The molecule has 0 spiro atoms. The number of hydrogen-bond donors (Lipinski definition) is 2. The lowest BCUT2D eigenvalue weighted by Gasteiger charge is -1.99. The molecule has 0 saturated carbocycles. The summed E-state index contributed by atoms with van der Waals surface area (Å²) in [5.74, 6) is -0.556. The molecular weight excluding hydrogens is 196 g/mol. The van der Waals surface area contributed by atoms with Crippen molar-refractivity contribution in [3.63, 3.8) is 0 Å². The van der Waals surface area contributed by atoms with Gasteiger partial charge in [0.2, 0.25) is 0 Å². The third kappa shape index (κ3) is 2.83. The van der Waals surface area contributed by atoms with Crippen LogP contribution in [0.2, 0.25) is 0 Å². The number of hydrogen-bond acceptors (Lipinski definition) is 3. The maximum absolute atomic E-state index is 10.9. The first-order chi connectivity index (χ1) is 7.20. The van der Waals surface area contributed by atoms with Gasteiger partial charge in [-0.25, -0.2) is 4.79 Å². The van der Waals surface area contributed by atoms with Gasteiger partial charge in [-0.15, -0.1) is 0 Å². The first kappa shape index (κ1) is 11.8. The number of carbonyl (C=O) groups is 1. The molecule has 1 aromatic rings. The van der Waals surface area contributed by atoms with Crippen LogP contribution in [-0.2, 0) is 13.0 Å². The minimum absolute atomic E-state index is 0.133. The molecule has 1 rings (SSSR count). The van der Waals surface area contributed by atoms with Crippen LogP contribution in [0.25, 0.3) is 0 Å². The van der Waals surface area contributed by atoms with Gasteiger partial charge in [0.05, 0.1) is 12.9 Å². The summed E-state index contributed by atoms with van der Waals surface area (Å²) in [6.45, 7) is 1.79. The van der Waals surface area contributed by atoms with E-state index in [2.05, 4.69) is 6.92 Å². The summed E-state index contributed by atoms with van der Waals surface area (Å²) >= 11 is 0. The van der Waals surface area contributed by atoms with E-state index < -0.39 is 5.97 Å². The molecule has 0 atom stereocenters. The number of aliphatic hydroxyl groups is 1. The van der Waals surface area contributed by atoms with Crippen LogP contribution >= 0.6 is 0 Å². The molecular formula is C11H16O4. The minimum Gasteiger partial charge on any atom is -0.478 e. The second-order valence-corrected chi connectivity index (χ2v) is 3.48. The van der Waals surface area contributed by atoms with Crippen molar-refractivity contribution in [3.05, 3.63) is 23.2 Å². The Bertz CT molecular complexity index is 327. The summed E-state index contributed by atoms with van der Waals surface area (Å²) in [4.78, 5) is 10.9. The number of carboxylic acid groups (broad SMARTS) is 1. The van der Waals surface area contributed by atoms with Crippen LogP contribution in [0, 0.1) is 0 Å². The topological polar surface area (TPSA) is 70.7 Å². The smallest absolute Gasteiger partial charge is 0.339 e.